The lowest BCUT2D eigenvalue weighted by atomic mass is 10.1. The number of Topliss-reactive ketones (excluding diaryl/α,β-unsaturated/α-hetero) is 1. The van der Waals surface area contributed by atoms with Gasteiger partial charge in [0, 0.05) is 27.6 Å². The molecule has 0 saturated heterocycles. The van der Waals surface area contributed by atoms with Crippen molar-refractivity contribution in [1.29, 1.82) is 0 Å². The van der Waals surface area contributed by atoms with Crippen molar-refractivity contribution in [2.24, 2.45) is 0 Å². The first kappa shape index (κ1) is 52.6. The Kier molecular flexibility index (Phi) is 27.1. The molecule has 5 aromatic carbocycles. The van der Waals surface area contributed by atoms with Crippen LogP contribution in [0.2, 0.25) is 0 Å². The zero-order valence-electron chi connectivity index (χ0n) is 35.1. The molecule has 0 saturated carbocycles. The summed E-state index contributed by atoms with van der Waals surface area (Å²) in [5, 5.41) is 27.2. The topological polar surface area (TPSA) is 172 Å². The third kappa shape index (κ3) is 23.7. The molecular formula is C50H55BrO10. The Labute approximate surface area is 367 Å². The predicted octanol–water partition coefficient (Wildman–Crippen LogP) is 12.0. The summed E-state index contributed by atoms with van der Waals surface area (Å²) in [5.41, 5.74) is 4.74. The number of ketones is 2. The number of carboxylic acids is 2. The number of ether oxygens (including phenoxy) is 1. The number of aromatic carboxylic acids is 2. The minimum atomic E-state index is -1.00. The number of aromatic hydroxyl groups is 1. The molecule has 0 radical (unpaired) electrons. The van der Waals surface area contributed by atoms with Gasteiger partial charge in [0.2, 0.25) is 0 Å². The highest BCUT2D eigenvalue weighted by atomic mass is 79.9. The minimum Gasteiger partial charge on any atom is -0.508 e. The van der Waals surface area contributed by atoms with E-state index in [-0.39, 0.29) is 28.4 Å². The number of phenolic OH excluding ortho intramolecular Hbond substituents is 1. The van der Waals surface area contributed by atoms with Gasteiger partial charge < -0.3 is 20.1 Å². The van der Waals surface area contributed by atoms with E-state index in [0.29, 0.717) is 22.3 Å². The third-order valence-electron chi connectivity index (χ3n) is 8.26. The molecule has 5 aromatic rings. The molecule has 0 aliphatic heterocycles. The molecule has 11 heteroatoms. The van der Waals surface area contributed by atoms with Crippen molar-refractivity contribution in [2.75, 3.05) is 11.9 Å². The monoisotopic (exact) mass is 894 g/mol. The van der Waals surface area contributed by atoms with Gasteiger partial charge in [-0.05, 0) is 111 Å². The Bertz CT molecular complexity index is 2030. The average Bonchev–Trinajstić information content (AvgIpc) is 3.28. The zero-order chi connectivity index (χ0) is 45.4. The maximum Gasteiger partial charge on any atom is 0.335 e. The standard InChI is InChI=1S/C17H14O3.C12H16O2.C9H8O3.C7H6O2.C5H11Br/c1-12-2-4-13(5-3-12)6-11-16(18)14-7-9-15(10-8-14)17(19)20;1-2-3-4-9-14-12-7-5-11(10-13)6-8-12;1-6(10)7-2-4-8(5-3-7)9(11)12;8-5-6-1-3-7(9)4-2-6;1-2-3-4-5-6/h2-11H,1H3,(H,19,20);5-8,10H,2-4,9H2,1H3;2-5H,1H3,(H,11,12);1-5,9H;2-5H2,1H3/b11-6+;;;;. The fourth-order valence-corrected chi connectivity index (χ4v) is 5.05. The van der Waals surface area contributed by atoms with Crippen molar-refractivity contribution >= 4 is 58.1 Å². The second-order valence-corrected chi connectivity index (χ2v) is 14.1. The smallest absolute Gasteiger partial charge is 0.335 e. The minimum absolute atomic E-state index is 0.0630. The van der Waals surface area contributed by atoms with Crippen molar-refractivity contribution < 1.29 is 48.8 Å². The average molecular weight is 896 g/mol. The van der Waals surface area contributed by atoms with E-state index in [2.05, 4.69) is 29.8 Å². The molecule has 0 aliphatic carbocycles. The number of allylic oxidation sites excluding steroid dienone is 1. The first-order valence-electron chi connectivity index (χ1n) is 19.7. The van der Waals surface area contributed by atoms with Crippen LogP contribution in [0.15, 0.2) is 127 Å². The van der Waals surface area contributed by atoms with Crippen LogP contribution in [0.5, 0.6) is 11.5 Å². The molecule has 3 N–H and O–H groups in total. The number of carbonyl (C=O) groups excluding carboxylic acids is 4. The SMILES string of the molecule is CC(=O)c1ccc(C(=O)O)cc1.CCCCCBr.CCCCCOc1ccc(C=O)cc1.Cc1ccc(/C=C/C(=O)c2ccc(C(=O)O)cc2)cc1.O=Cc1ccc(O)cc1. The lowest BCUT2D eigenvalue weighted by molar-refractivity contribution is 0.0686. The number of benzene rings is 5. The predicted molar refractivity (Wildman–Crippen MR) is 245 cm³/mol. The van der Waals surface area contributed by atoms with Crippen molar-refractivity contribution in [3.8, 4) is 11.5 Å². The van der Waals surface area contributed by atoms with Gasteiger partial charge in [0.15, 0.2) is 11.6 Å². The van der Waals surface area contributed by atoms with Crippen molar-refractivity contribution in [1.82, 2.24) is 0 Å². The van der Waals surface area contributed by atoms with Crippen LogP contribution in [0.4, 0.5) is 0 Å². The normalized spacial score (nSPS) is 9.79. The largest absolute Gasteiger partial charge is 0.508 e. The van der Waals surface area contributed by atoms with Crippen molar-refractivity contribution in [3.63, 3.8) is 0 Å². The van der Waals surface area contributed by atoms with E-state index in [0.717, 1.165) is 42.5 Å². The molecule has 10 nitrogen and oxygen atoms in total. The van der Waals surface area contributed by atoms with Gasteiger partial charge in [0.1, 0.15) is 24.1 Å². The van der Waals surface area contributed by atoms with Crippen molar-refractivity contribution in [3.05, 3.63) is 172 Å². The first-order chi connectivity index (χ1) is 29.3. The second kappa shape index (κ2) is 31.5. The van der Waals surface area contributed by atoms with Gasteiger partial charge in [0.25, 0.3) is 0 Å². The number of alkyl halides is 1. The molecule has 0 atom stereocenters. The summed E-state index contributed by atoms with van der Waals surface area (Å²) in [6.45, 7) is 8.58. The number of unbranched alkanes of at least 4 members (excludes halogenated alkanes) is 4. The molecule has 0 amide bonds. The Balaban J connectivity index is 0.000000402. The maximum absolute atomic E-state index is 11.9. The van der Waals surface area contributed by atoms with Gasteiger partial charge in [-0.25, -0.2) is 9.59 Å². The van der Waals surface area contributed by atoms with Gasteiger partial charge in [-0.15, -0.1) is 0 Å². The summed E-state index contributed by atoms with van der Waals surface area (Å²) >= 11 is 3.35. The van der Waals surface area contributed by atoms with Crippen LogP contribution in [0.25, 0.3) is 6.08 Å². The summed E-state index contributed by atoms with van der Waals surface area (Å²) in [4.78, 5) is 64.2. The summed E-state index contributed by atoms with van der Waals surface area (Å²) in [5.74, 6) is -1.17. The molecule has 5 rings (SSSR count). The third-order valence-corrected chi connectivity index (χ3v) is 8.82. The van der Waals surface area contributed by atoms with Gasteiger partial charge >= 0.3 is 11.9 Å². The zero-order valence-corrected chi connectivity index (χ0v) is 36.7. The Morgan fingerprint density at radius 3 is 1.41 bits per heavy atom. The van der Waals surface area contributed by atoms with E-state index in [4.69, 9.17) is 20.1 Å². The molecule has 0 heterocycles. The van der Waals surface area contributed by atoms with Gasteiger partial charge in [-0.3, -0.25) is 19.2 Å². The Hall–Kier alpha value is -6.46. The van der Waals surface area contributed by atoms with Gasteiger partial charge in [-0.2, -0.15) is 0 Å². The molecule has 0 fully saturated rings. The highest BCUT2D eigenvalue weighted by Crippen LogP contribution is 2.13. The summed E-state index contributed by atoms with van der Waals surface area (Å²) in [7, 11) is 0. The molecule has 322 valence electrons. The number of phenols is 1. The summed E-state index contributed by atoms with van der Waals surface area (Å²) in [6.07, 6.45) is 12.3. The molecule has 0 spiro atoms. The molecule has 0 aliphatic rings. The fraction of sp³-hybridized carbons (Fsp3) is 0.240. The fourth-order valence-electron chi connectivity index (χ4n) is 4.65. The van der Waals surface area contributed by atoms with Crippen LogP contribution in [-0.4, -0.2) is 63.3 Å². The van der Waals surface area contributed by atoms with Crippen LogP contribution in [0.3, 0.4) is 0 Å². The summed E-state index contributed by atoms with van der Waals surface area (Å²) in [6, 6.07) is 32.8. The Morgan fingerprint density at radius 1 is 0.574 bits per heavy atom. The molecule has 0 unspecified atom stereocenters. The van der Waals surface area contributed by atoms with Crippen molar-refractivity contribution in [2.45, 2.75) is 66.2 Å². The highest BCUT2D eigenvalue weighted by Gasteiger charge is 2.06. The number of aryl methyl sites for hydroxylation is 1. The lowest BCUT2D eigenvalue weighted by Gasteiger charge is -2.04. The van der Waals surface area contributed by atoms with E-state index < -0.39 is 11.9 Å². The summed E-state index contributed by atoms with van der Waals surface area (Å²) < 4.78 is 5.49. The number of carboxylic acid groups (broad SMARTS) is 2. The van der Waals surface area contributed by atoms with Gasteiger partial charge in [0.05, 0.1) is 17.7 Å². The highest BCUT2D eigenvalue weighted by molar-refractivity contribution is 9.09. The number of hydrogen-bond acceptors (Lipinski definition) is 8. The number of rotatable bonds is 16. The van der Waals surface area contributed by atoms with Gasteiger partial charge in [-0.1, -0.05) is 116 Å². The van der Waals surface area contributed by atoms with Crippen LogP contribution in [-0.2, 0) is 0 Å². The quantitative estimate of drug-likeness (QED) is 0.0284. The van der Waals surface area contributed by atoms with Crippen LogP contribution in [0.1, 0.15) is 133 Å². The van der Waals surface area contributed by atoms with E-state index in [1.807, 2.05) is 43.3 Å². The number of carbonyl (C=O) groups is 6. The van der Waals surface area contributed by atoms with Crippen LogP contribution >= 0.6 is 15.9 Å². The molecule has 61 heavy (non-hydrogen) atoms. The maximum atomic E-state index is 11.9. The van der Waals surface area contributed by atoms with Crippen LogP contribution in [0, 0.1) is 6.92 Å². The molecule has 0 aromatic heterocycles. The van der Waals surface area contributed by atoms with E-state index >= 15 is 0 Å². The van der Waals surface area contributed by atoms with E-state index in [1.165, 1.54) is 111 Å². The molecule has 0 bridgehead atoms. The lowest BCUT2D eigenvalue weighted by Crippen LogP contribution is -1.98. The first-order valence-corrected chi connectivity index (χ1v) is 20.8. The van der Waals surface area contributed by atoms with E-state index in [9.17, 15) is 28.8 Å². The second-order valence-electron chi connectivity index (χ2n) is 13.3. The van der Waals surface area contributed by atoms with Crippen LogP contribution < -0.4 is 4.74 Å². The number of hydrogen-bond donors (Lipinski definition) is 3. The van der Waals surface area contributed by atoms with E-state index in [1.54, 1.807) is 30.3 Å². The number of halogens is 1. The number of aldehydes is 2. The molecular weight excluding hydrogens is 840 g/mol. The Morgan fingerprint density at radius 2 is 1.00 bits per heavy atom.